The van der Waals surface area contributed by atoms with E-state index in [0.717, 1.165) is 5.75 Å². The fourth-order valence-corrected chi connectivity index (χ4v) is 3.09. The predicted molar refractivity (Wildman–Crippen MR) is 99.5 cm³/mol. The van der Waals surface area contributed by atoms with Crippen molar-refractivity contribution in [1.82, 2.24) is 10.2 Å². The number of hydrogen-bond acceptors (Lipinski definition) is 6. The summed E-state index contributed by atoms with van der Waals surface area (Å²) in [7, 11) is -1.20. The highest BCUT2D eigenvalue weighted by Crippen LogP contribution is 2.19. The molecule has 3 aromatic rings. The Bertz CT molecular complexity index is 881. The monoisotopic (exact) mass is 390 g/mol. The summed E-state index contributed by atoms with van der Waals surface area (Å²) >= 11 is 0. The van der Waals surface area contributed by atoms with Gasteiger partial charge in [-0.2, -0.15) is 0 Å². The summed E-state index contributed by atoms with van der Waals surface area (Å²) < 4.78 is 41.6. The first-order valence-electron chi connectivity index (χ1n) is 8.43. The van der Waals surface area contributed by atoms with Crippen molar-refractivity contribution in [1.29, 1.82) is 0 Å². The van der Waals surface area contributed by atoms with Gasteiger partial charge in [-0.25, -0.2) is 4.39 Å². The fourth-order valence-electron chi connectivity index (χ4n) is 2.28. The van der Waals surface area contributed by atoms with Crippen LogP contribution in [0.5, 0.6) is 11.5 Å². The van der Waals surface area contributed by atoms with E-state index < -0.39 is 10.8 Å². The summed E-state index contributed by atoms with van der Waals surface area (Å²) in [5.41, 5.74) is 0.611. The summed E-state index contributed by atoms with van der Waals surface area (Å²) in [6, 6.07) is 13.0. The summed E-state index contributed by atoms with van der Waals surface area (Å²) in [6.07, 6.45) is 0. The van der Waals surface area contributed by atoms with Crippen LogP contribution in [0.4, 0.5) is 4.39 Å². The molecule has 0 bridgehead atoms. The largest absolute Gasteiger partial charge is 0.494 e. The molecular weight excluding hydrogens is 371 g/mol. The second-order valence-corrected chi connectivity index (χ2v) is 7.13. The second kappa shape index (κ2) is 9.27. The number of rotatable bonds is 9. The lowest BCUT2D eigenvalue weighted by Gasteiger charge is -2.07. The molecule has 1 atom stereocenters. The number of halogens is 1. The third kappa shape index (κ3) is 5.62. The van der Waals surface area contributed by atoms with Crippen LogP contribution < -0.4 is 9.47 Å². The lowest BCUT2D eigenvalue weighted by atomic mass is 10.2. The molecule has 0 aliphatic carbocycles. The van der Waals surface area contributed by atoms with Crippen LogP contribution in [-0.2, 0) is 16.6 Å². The molecule has 0 amide bonds. The lowest BCUT2D eigenvalue weighted by molar-refractivity contribution is 0.331. The van der Waals surface area contributed by atoms with Gasteiger partial charge in [-0.15, -0.1) is 10.2 Å². The molecule has 1 heterocycles. The fraction of sp³-hybridized carbons (Fsp3) is 0.263. The highest BCUT2D eigenvalue weighted by atomic mass is 32.2. The molecule has 0 N–H and O–H groups in total. The van der Waals surface area contributed by atoms with Crippen LogP contribution in [0.3, 0.4) is 0 Å². The van der Waals surface area contributed by atoms with Crippen LogP contribution >= 0.6 is 0 Å². The molecule has 1 aromatic heterocycles. The summed E-state index contributed by atoms with van der Waals surface area (Å²) in [4.78, 5) is 0. The van der Waals surface area contributed by atoms with Crippen molar-refractivity contribution in [2.45, 2.75) is 12.7 Å². The van der Waals surface area contributed by atoms with Gasteiger partial charge in [0.25, 0.3) is 0 Å². The van der Waals surface area contributed by atoms with Crippen molar-refractivity contribution >= 4 is 10.8 Å². The summed E-state index contributed by atoms with van der Waals surface area (Å²) in [5.74, 6) is 2.14. The smallest absolute Gasteiger partial charge is 0.247 e. The second-order valence-electron chi connectivity index (χ2n) is 5.55. The van der Waals surface area contributed by atoms with E-state index in [2.05, 4.69) is 10.2 Å². The molecular formula is C19H19FN2O4S. The molecule has 142 valence electrons. The van der Waals surface area contributed by atoms with Crippen LogP contribution in [0, 0.1) is 5.82 Å². The summed E-state index contributed by atoms with van der Waals surface area (Å²) in [6.45, 7) is 2.84. The molecule has 3 rings (SSSR count). The standard InChI is InChI=1S/C19H19FN2O4S/c1-2-24-16-7-9-17(10-8-16)25-11-12-27(23)13-18-21-22-19(26-18)14-3-5-15(20)6-4-14/h3-10H,2,11-13H2,1H3/t27-/m0/s1. The maximum Gasteiger partial charge on any atom is 0.247 e. The third-order valence-corrected chi connectivity index (χ3v) is 4.75. The average molecular weight is 390 g/mol. The normalized spacial score (nSPS) is 11.9. The Hall–Kier alpha value is -2.74. The maximum absolute atomic E-state index is 12.9. The van der Waals surface area contributed by atoms with E-state index in [9.17, 15) is 8.60 Å². The predicted octanol–water partition coefficient (Wildman–Crippen LogP) is 3.60. The molecule has 0 aliphatic heterocycles. The molecule has 2 aromatic carbocycles. The van der Waals surface area contributed by atoms with Gasteiger partial charge in [0.15, 0.2) is 0 Å². The zero-order valence-corrected chi connectivity index (χ0v) is 15.6. The van der Waals surface area contributed by atoms with Gasteiger partial charge in [0.05, 0.1) is 19.0 Å². The molecule has 8 heteroatoms. The van der Waals surface area contributed by atoms with Gasteiger partial charge in [-0.3, -0.25) is 4.21 Å². The van der Waals surface area contributed by atoms with Gasteiger partial charge in [0.1, 0.15) is 23.1 Å². The molecule has 0 fully saturated rings. The SMILES string of the molecule is CCOc1ccc(OCC[S@](=O)Cc2nnc(-c3ccc(F)cc3)o2)cc1. The van der Waals surface area contributed by atoms with Crippen molar-refractivity contribution in [3.63, 3.8) is 0 Å². The van der Waals surface area contributed by atoms with Crippen LogP contribution in [-0.4, -0.2) is 33.4 Å². The van der Waals surface area contributed by atoms with E-state index in [4.69, 9.17) is 13.9 Å². The van der Waals surface area contributed by atoms with Crippen molar-refractivity contribution in [2.24, 2.45) is 0 Å². The third-order valence-electron chi connectivity index (χ3n) is 3.56. The molecule has 0 unspecified atom stereocenters. The zero-order chi connectivity index (χ0) is 19.1. The maximum atomic E-state index is 12.9. The molecule has 27 heavy (non-hydrogen) atoms. The molecule has 0 aliphatic rings. The van der Waals surface area contributed by atoms with E-state index in [-0.39, 0.29) is 23.4 Å². The number of hydrogen-bond donors (Lipinski definition) is 0. The van der Waals surface area contributed by atoms with Crippen molar-refractivity contribution in [3.8, 4) is 23.0 Å². The van der Waals surface area contributed by atoms with Crippen LogP contribution in [0.1, 0.15) is 12.8 Å². The average Bonchev–Trinajstić information content (AvgIpc) is 3.12. The van der Waals surface area contributed by atoms with Crippen LogP contribution in [0.2, 0.25) is 0 Å². The van der Waals surface area contributed by atoms with Crippen LogP contribution in [0.15, 0.2) is 52.9 Å². The van der Waals surface area contributed by atoms with E-state index in [1.807, 2.05) is 19.1 Å². The highest BCUT2D eigenvalue weighted by molar-refractivity contribution is 7.84. The Morgan fingerprint density at radius 2 is 1.67 bits per heavy atom. The van der Waals surface area contributed by atoms with E-state index >= 15 is 0 Å². The van der Waals surface area contributed by atoms with E-state index in [1.165, 1.54) is 12.1 Å². The number of ether oxygens (including phenoxy) is 2. The Balaban J connectivity index is 1.46. The van der Waals surface area contributed by atoms with Gasteiger partial charge in [-0.05, 0) is 55.5 Å². The van der Waals surface area contributed by atoms with Gasteiger partial charge < -0.3 is 13.9 Å². The Labute approximate surface area is 158 Å². The Morgan fingerprint density at radius 3 is 2.33 bits per heavy atom. The Kier molecular flexibility index (Phi) is 6.54. The zero-order valence-electron chi connectivity index (χ0n) is 14.8. The first kappa shape index (κ1) is 19.0. The molecule has 0 saturated carbocycles. The number of nitrogens with zero attached hydrogens (tertiary/aromatic N) is 2. The van der Waals surface area contributed by atoms with Gasteiger partial charge >= 0.3 is 0 Å². The first-order valence-corrected chi connectivity index (χ1v) is 9.92. The van der Waals surface area contributed by atoms with Crippen LogP contribution in [0.25, 0.3) is 11.5 Å². The minimum atomic E-state index is -1.20. The minimum Gasteiger partial charge on any atom is -0.494 e. The van der Waals surface area contributed by atoms with E-state index in [1.54, 1.807) is 24.3 Å². The summed E-state index contributed by atoms with van der Waals surface area (Å²) in [5, 5.41) is 7.79. The molecule has 0 saturated heterocycles. The van der Waals surface area contributed by atoms with Crippen molar-refractivity contribution in [2.75, 3.05) is 19.0 Å². The lowest BCUT2D eigenvalue weighted by Crippen LogP contribution is -2.10. The molecule has 0 spiro atoms. The topological polar surface area (TPSA) is 74.5 Å². The minimum absolute atomic E-state index is 0.140. The van der Waals surface area contributed by atoms with Gasteiger partial charge in [-0.1, -0.05) is 0 Å². The quantitative estimate of drug-likeness (QED) is 0.556. The van der Waals surface area contributed by atoms with Gasteiger partial charge in [0.2, 0.25) is 11.8 Å². The number of benzene rings is 2. The molecule has 0 radical (unpaired) electrons. The van der Waals surface area contributed by atoms with Crippen molar-refractivity contribution in [3.05, 3.63) is 60.2 Å². The Morgan fingerprint density at radius 1 is 1.00 bits per heavy atom. The first-order chi connectivity index (χ1) is 13.1. The number of aromatic nitrogens is 2. The van der Waals surface area contributed by atoms with Crippen molar-refractivity contribution < 1.29 is 22.5 Å². The van der Waals surface area contributed by atoms with E-state index in [0.29, 0.717) is 30.3 Å². The van der Waals surface area contributed by atoms with Gasteiger partial charge in [0, 0.05) is 16.4 Å². The highest BCUT2D eigenvalue weighted by Gasteiger charge is 2.12. The molecule has 6 nitrogen and oxygen atoms in total.